The van der Waals surface area contributed by atoms with Crippen LogP contribution in [-0.4, -0.2) is 24.6 Å². The first-order chi connectivity index (χ1) is 8.60. The molecule has 0 atom stereocenters. The van der Waals surface area contributed by atoms with Gasteiger partial charge in [-0.15, -0.1) is 0 Å². The Morgan fingerprint density at radius 3 is 2.67 bits per heavy atom. The van der Waals surface area contributed by atoms with Gasteiger partial charge >= 0.3 is 0 Å². The van der Waals surface area contributed by atoms with E-state index < -0.39 is 0 Å². The number of rotatable bonds is 7. The fraction of sp³-hybridized carbons (Fsp3) is 0.643. The van der Waals surface area contributed by atoms with Crippen molar-refractivity contribution in [2.75, 3.05) is 24.5 Å². The van der Waals surface area contributed by atoms with Gasteiger partial charge in [0, 0.05) is 31.4 Å². The van der Waals surface area contributed by atoms with Crippen LogP contribution in [0, 0.1) is 11.7 Å². The lowest BCUT2D eigenvalue weighted by atomic mass is 10.2. The second kappa shape index (κ2) is 7.31. The zero-order valence-corrected chi connectivity index (χ0v) is 11.8. The average Bonchev–Trinajstić information content (AvgIpc) is 2.35. The molecule has 4 heteroatoms. The Morgan fingerprint density at radius 1 is 1.39 bits per heavy atom. The summed E-state index contributed by atoms with van der Waals surface area (Å²) in [6.07, 6.45) is 1.69. The van der Waals surface area contributed by atoms with Crippen molar-refractivity contribution < 1.29 is 4.39 Å². The van der Waals surface area contributed by atoms with E-state index in [1.54, 1.807) is 12.3 Å². The summed E-state index contributed by atoms with van der Waals surface area (Å²) in [6.45, 7) is 11.3. The molecule has 0 aliphatic rings. The first-order valence-electron chi connectivity index (χ1n) is 6.69. The van der Waals surface area contributed by atoms with Crippen LogP contribution in [0.3, 0.4) is 0 Å². The Hall–Kier alpha value is -1.16. The molecule has 1 rings (SSSR count). The summed E-state index contributed by atoms with van der Waals surface area (Å²) in [5.41, 5.74) is 0.684. The van der Waals surface area contributed by atoms with Crippen molar-refractivity contribution in [2.24, 2.45) is 5.92 Å². The molecule has 1 aromatic rings. The summed E-state index contributed by atoms with van der Waals surface area (Å²) in [6, 6.07) is 1.74. The smallest absolute Gasteiger partial charge is 0.170 e. The van der Waals surface area contributed by atoms with Crippen molar-refractivity contribution >= 4 is 5.82 Å². The van der Waals surface area contributed by atoms with Crippen molar-refractivity contribution in [1.82, 2.24) is 10.3 Å². The second-order valence-electron chi connectivity index (χ2n) is 4.82. The second-order valence-corrected chi connectivity index (χ2v) is 4.82. The van der Waals surface area contributed by atoms with Crippen LogP contribution < -0.4 is 10.2 Å². The quantitative estimate of drug-likeness (QED) is 0.810. The van der Waals surface area contributed by atoms with E-state index in [1.807, 2.05) is 18.7 Å². The standard InChI is InChI=1S/C14H24FN3/c1-5-16-9-12-7-8-17-14(13(12)15)18(6-2)10-11(3)4/h7-8,11,16H,5-6,9-10H2,1-4H3. The van der Waals surface area contributed by atoms with Crippen LogP contribution in [0.2, 0.25) is 0 Å². The zero-order valence-electron chi connectivity index (χ0n) is 11.8. The molecular formula is C14H24FN3. The highest BCUT2D eigenvalue weighted by atomic mass is 19.1. The summed E-state index contributed by atoms with van der Waals surface area (Å²) < 4.78 is 14.3. The average molecular weight is 253 g/mol. The fourth-order valence-electron chi connectivity index (χ4n) is 1.89. The largest absolute Gasteiger partial charge is 0.354 e. The summed E-state index contributed by atoms with van der Waals surface area (Å²) in [5, 5.41) is 3.14. The van der Waals surface area contributed by atoms with E-state index in [1.165, 1.54) is 0 Å². The predicted octanol–water partition coefficient (Wildman–Crippen LogP) is 2.81. The first kappa shape index (κ1) is 14.9. The van der Waals surface area contributed by atoms with E-state index in [0.717, 1.165) is 19.6 Å². The maximum absolute atomic E-state index is 14.3. The number of nitrogens with zero attached hydrogens (tertiary/aromatic N) is 2. The minimum Gasteiger partial charge on any atom is -0.354 e. The first-order valence-corrected chi connectivity index (χ1v) is 6.69. The van der Waals surface area contributed by atoms with Crippen LogP contribution in [0.25, 0.3) is 0 Å². The molecule has 0 saturated carbocycles. The number of nitrogens with one attached hydrogen (secondary N) is 1. The Kier molecular flexibility index (Phi) is 6.05. The molecule has 1 heterocycles. The summed E-state index contributed by atoms with van der Waals surface area (Å²) in [4.78, 5) is 6.19. The molecule has 0 radical (unpaired) electrons. The lowest BCUT2D eigenvalue weighted by Gasteiger charge is -2.25. The highest BCUT2D eigenvalue weighted by Gasteiger charge is 2.15. The number of pyridine rings is 1. The minimum absolute atomic E-state index is 0.194. The highest BCUT2D eigenvalue weighted by Crippen LogP contribution is 2.20. The van der Waals surface area contributed by atoms with Crippen LogP contribution in [0.4, 0.5) is 10.2 Å². The van der Waals surface area contributed by atoms with Crippen LogP contribution in [0.1, 0.15) is 33.3 Å². The Labute approximate surface area is 109 Å². The van der Waals surface area contributed by atoms with Gasteiger partial charge in [-0.3, -0.25) is 0 Å². The monoisotopic (exact) mass is 253 g/mol. The third-order valence-corrected chi connectivity index (χ3v) is 2.78. The Morgan fingerprint density at radius 2 is 2.11 bits per heavy atom. The van der Waals surface area contributed by atoms with Crippen molar-refractivity contribution in [3.05, 3.63) is 23.6 Å². The van der Waals surface area contributed by atoms with E-state index in [-0.39, 0.29) is 5.82 Å². The fourth-order valence-corrected chi connectivity index (χ4v) is 1.89. The van der Waals surface area contributed by atoms with Gasteiger partial charge < -0.3 is 10.2 Å². The van der Waals surface area contributed by atoms with E-state index in [2.05, 4.69) is 24.1 Å². The number of hydrogen-bond donors (Lipinski definition) is 1. The highest BCUT2D eigenvalue weighted by molar-refractivity contribution is 5.43. The van der Waals surface area contributed by atoms with Crippen LogP contribution >= 0.6 is 0 Å². The number of aromatic nitrogens is 1. The van der Waals surface area contributed by atoms with Crippen molar-refractivity contribution in [1.29, 1.82) is 0 Å². The topological polar surface area (TPSA) is 28.2 Å². The molecule has 1 N–H and O–H groups in total. The molecule has 0 unspecified atom stereocenters. The molecule has 102 valence electrons. The molecule has 0 aromatic carbocycles. The van der Waals surface area contributed by atoms with Crippen LogP contribution in [0.5, 0.6) is 0 Å². The predicted molar refractivity (Wildman–Crippen MR) is 74.3 cm³/mol. The summed E-state index contributed by atoms with van der Waals surface area (Å²) in [7, 11) is 0. The molecule has 0 amide bonds. The zero-order chi connectivity index (χ0) is 13.5. The van der Waals surface area contributed by atoms with Gasteiger partial charge in [0.25, 0.3) is 0 Å². The van der Waals surface area contributed by atoms with Gasteiger partial charge in [0.2, 0.25) is 0 Å². The molecule has 1 aromatic heterocycles. The van der Waals surface area contributed by atoms with Gasteiger partial charge in [-0.2, -0.15) is 0 Å². The number of anilines is 1. The van der Waals surface area contributed by atoms with Gasteiger partial charge in [-0.25, -0.2) is 9.37 Å². The van der Waals surface area contributed by atoms with Gasteiger partial charge in [0.1, 0.15) is 0 Å². The van der Waals surface area contributed by atoms with Gasteiger partial charge in [0.15, 0.2) is 11.6 Å². The molecule has 3 nitrogen and oxygen atoms in total. The molecule has 0 saturated heterocycles. The maximum atomic E-state index is 14.3. The number of hydrogen-bond acceptors (Lipinski definition) is 3. The minimum atomic E-state index is -0.194. The van der Waals surface area contributed by atoms with E-state index in [9.17, 15) is 4.39 Å². The normalized spacial score (nSPS) is 11.0. The van der Waals surface area contributed by atoms with Crippen molar-refractivity contribution in [2.45, 2.75) is 34.2 Å². The summed E-state index contributed by atoms with van der Waals surface area (Å²) >= 11 is 0. The van der Waals surface area contributed by atoms with Crippen molar-refractivity contribution in [3.8, 4) is 0 Å². The summed E-state index contributed by atoms with van der Waals surface area (Å²) in [5.74, 6) is 0.770. The molecular weight excluding hydrogens is 229 g/mol. The molecule has 0 bridgehead atoms. The molecule has 0 spiro atoms. The molecule has 0 aliphatic carbocycles. The third-order valence-electron chi connectivity index (χ3n) is 2.78. The molecule has 18 heavy (non-hydrogen) atoms. The third kappa shape index (κ3) is 3.95. The van der Waals surface area contributed by atoms with Gasteiger partial charge in [0.05, 0.1) is 0 Å². The molecule has 0 fully saturated rings. The van der Waals surface area contributed by atoms with Crippen molar-refractivity contribution in [3.63, 3.8) is 0 Å². The van der Waals surface area contributed by atoms with E-state index in [0.29, 0.717) is 23.8 Å². The van der Waals surface area contributed by atoms with Crippen LogP contribution in [0.15, 0.2) is 12.3 Å². The van der Waals surface area contributed by atoms with E-state index >= 15 is 0 Å². The number of halogens is 1. The lowest BCUT2D eigenvalue weighted by Crippen LogP contribution is -2.29. The lowest BCUT2D eigenvalue weighted by molar-refractivity contribution is 0.561. The van der Waals surface area contributed by atoms with Gasteiger partial charge in [-0.05, 0) is 25.5 Å². The molecule has 0 aliphatic heterocycles. The Balaban J connectivity index is 2.93. The maximum Gasteiger partial charge on any atom is 0.170 e. The van der Waals surface area contributed by atoms with E-state index in [4.69, 9.17) is 0 Å². The van der Waals surface area contributed by atoms with Gasteiger partial charge in [-0.1, -0.05) is 20.8 Å². The SMILES string of the molecule is CCNCc1ccnc(N(CC)CC(C)C)c1F. The Bertz CT molecular complexity index is 366. The van der Waals surface area contributed by atoms with Crippen LogP contribution in [-0.2, 0) is 6.54 Å².